The van der Waals surface area contributed by atoms with E-state index in [-0.39, 0.29) is 6.04 Å². The predicted molar refractivity (Wildman–Crippen MR) is 87.6 cm³/mol. The molecule has 21 heavy (non-hydrogen) atoms. The van der Waals surface area contributed by atoms with Crippen molar-refractivity contribution in [2.24, 2.45) is 5.92 Å². The number of rotatable bonds is 9. The van der Waals surface area contributed by atoms with Crippen LogP contribution in [0.25, 0.3) is 0 Å². The zero-order valence-electron chi connectivity index (χ0n) is 14.5. The maximum Gasteiger partial charge on any atom is 0.323 e. The molecule has 2 unspecified atom stereocenters. The summed E-state index contributed by atoms with van der Waals surface area (Å²) in [4.78, 5) is 14.3. The number of carboxylic acids is 1. The highest BCUT2D eigenvalue weighted by molar-refractivity contribution is 5.79. The summed E-state index contributed by atoms with van der Waals surface area (Å²) >= 11 is 0. The molecule has 0 amide bonds. The fraction of sp³-hybridized carbons (Fsp3) is 0.941. The molecule has 0 radical (unpaired) electrons. The molecule has 0 aromatic heterocycles. The summed E-state index contributed by atoms with van der Waals surface area (Å²) in [5, 5.41) is 13.0. The second-order valence-corrected chi connectivity index (χ2v) is 6.85. The Balaban J connectivity index is 2.74. The third kappa shape index (κ3) is 4.68. The van der Waals surface area contributed by atoms with Crippen molar-refractivity contribution in [3.05, 3.63) is 0 Å². The van der Waals surface area contributed by atoms with Gasteiger partial charge in [0, 0.05) is 18.6 Å². The Kier molecular flexibility index (Phi) is 7.14. The summed E-state index contributed by atoms with van der Waals surface area (Å²) in [6, 6.07) is 0.604. The van der Waals surface area contributed by atoms with Gasteiger partial charge in [-0.2, -0.15) is 0 Å². The molecule has 2 N–H and O–H groups in total. The zero-order valence-corrected chi connectivity index (χ0v) is 14.5. The average molecular weight is 298 g/mol. The number of hydrogen-bond donors (Lipinski definition) is 2. The van der Waals surface area contributed by atoms with E-state index in [9.17, 15) is 9.90 Å². The van der Waals surface area contributed by atoms with Crippen LogP contribution >= 0.6 is 0 Å². The minimum Gasteiger partial charge on any atom is -0.480 e. The SMILES string of the molecule is CCC(CC)CN(CC)C1CCC(NC(C)C)(C(=O)O)C1. The van der Waals surface area contributed by atoms with Gasteiger partial charge in [0.1, 0.15) is 5.54 Å². The van der Waals surface area contributed by atoms with Crippen LogP contribution in [0.2, 0.25) is 0 Å². The minimum atomic E-state index is -0.722. The number of nitrogens with one attached hydrogen (secondary N) is 1. The van der Waals surface area contributed by atoms with Gasteiger partial charge in [0.2, 0.25) is 0 Å². The lowest BCUT2D eigenvalue weighted by atomic mass is 9.95. The number of nitrogens with zero attached hydrogens (tertiary/aromatic N) is 1. The summed E-state index contributed by atoms with van der Waals surface area (Å²) in [6.45, 7) is 12.9. The molecule has 1 fully saturated rings. The van der Waals surface area contributed by atoms with Crippen molar-refractivity contribution >= 4 is 5.97 Å². The summed E-state index contributed by atoms with van der Waals surface area (Å²) in [5.41, 5.74) is -0.722. The lowest BCUT2D eigenvalue weighted by molar-refractivity contribution is -0.145. The Hall–Kier alpha value is -0.610. The van der Waals surface area contributed by atoms with Crippen molar-refractivity contribution in [1.29, 1.82) is 0 Å². The van der Waals surface area contributed by atoms with Gasteiger partial charge >= 0.3 is 5.97 Å². The molecule has 2 atom stereocenters. The average Bonchev–Trinajstić information content (AvgIpc) is 2.85. The number of carbonyl (C=O) groups is 1. The number of hydrogen-bond acceptors (Lipinski definition) is 3. The maximum atomic E-state index is 11.8. The van der Waals surface area contributed by atoms with Crippen LogP contribution in [0, 0.1) is 5.92 Å². The Labute approximate surface area is 130 Å². The zero-order chi connectivity index (χ0) is 16.0. The van der Waals surface area contributed by atoms with Gasteiger partial charge in [0.25, 0.3) is 0 Å². The van der Waals surface area contributed by atoms with Gasteiger partial charge in [-0.25, -0.2) is 0 Å². The molecule has 0 spiro atoms. The van der Waals surface area contributed by atoms with Crippen LogP contribution in [-0.2, 0) is 4.79 Å². The van der Waals surface area contributed by atoms with E-state index in [0.717, 1.165) is 38.3 Å². The second kappa shape index (κ2) is 8.14. The molecule has 0 bridgehead atoms. The van der Waals surface area contributed by atoms with Crippen molar-refractivity contribution < 1.29 is 9.90 Å². The van der Waals surface area contributed by atoms with Gasteiger partial charge < -0.3 is 10.0 Å². The van der Waals surface area contributed by atoms with Gasteiger partial charge in [-0.15, -0.1) is 0 Å². The normalized spacial score (nSPS) is 26.2. The monoisotopic (exact) mass is 298 g/mol. The second-order valence-electron chi connectivity index (χ2n) is 6.85. The van der Waals surface area contributed by atoms with Gasteiger partial charge in [-0.3, -0.25) is 10.1 Å². The topological polar surface area (TPSA) is 52.6 Å². The fourth-order valence-electron chi connectivity index (χ4n) is 3.69. The molecule has 0 saturated heterocycles. The summed E-state index contributed by atoms with van der Waals surface area (Å²) < 4.78 is 0. The molecule has 0 heterocycles. The Morgan fingerprint density at radius 1 is 1.33 bits per heavy atom. The van der Waals surface area contributed by atoms with Gasteiger partial charge in [-0.1, -0.05) is 33.6 Å². The Morgan fingerprint density at radius 3 is 2.38 bits per heavy atom. The quantitative estimate of drug-likeness (QED) is 0.687. The van der Waals surface area contributed by atoms with E-state index in [1.807, 2.05) is 13.8 Å². The van der Waals surface area contributed by atoms with Crippen molar-refractivity contribution in [2.45, 2.75) is 84.3 Å². The molecule has 124 valence electrons. The van der Waals surface area contributed by atoms with Crippen LogP contribution in [0.5, 0.6) is 0 Å². The fourth-order valence-corrected chi connectivity index (χ4v) is 3.69. The molecule has 4 heteroatoms. The minimum absolute atomic E-state index is 0.203. The Morgan fingerprint density at radius 2 is 1.95 bits per heavy atom. The molecule has 1 saturated carbocycles. The van der Waals surface area contributed by atoms with Crippen molar-refractivity contribution in [2.75, 3.05) is 13.1 Å². The maximum absolute atomic E-state index is 11.8. The molecular formula is C17H34N2O2. The molecular weight excluding hydrogens is 264 g/mol. The largest absolute Gasteiger partial charge is 0.480 e. The van der Waals surface area contributed by atoms with E-state index in [2.05, 4.69) is 31.0 Å². The first kappa shape index (κ1) is 18.4. The third-order valence-electron chi connectivity index (χ3n) is 5.03. The number of aliphatic carboxylic acids is 1. The van der Waals surface area contributed by atoms with E-state index >= 15 is 0 Å². The van der Waals surface area contributed by atoms with Crippen molar-refractivity contribution in [3.8, 4) is 0 Å². The molecule has 0 aromatic carbocycles. The molecule has 0 aromatic rings. The standard InChI is InChI=1S/C17H34N2O2/c1-6-14(7-2)12-19(8-3)15-9-10-17(11-15,16(20)21)18-13(4)5/h13-15,18H,6-12H2,1-5H3,(H,20,21). The highest BCUT2D eigenvalue weighted by Gasteiger charge is 2.47. The third-order valence-corrected chi connectivity index (χ3v) is 5.03. The molecule has 1 rings (SSSR count). The van der Waals surface area contributed by atoms with Crippen molar-refractivity contribution in [3.63, 3.8) is 0 Å². The first-order chi connectivity index (χ1) is 9.88. The van der Waals surface area contributed by atoms with Crippen LogP contribution in [0.1, 0.15) is 66.7 Å². The van der Waals surface area contributed by atoms with E-state index in [1.165, 1.54) is 12.8 Å². The van der Waals surface area contributed by atoms with Gasteiger partial charge in [0.05, 0.1) is 0 Å². The number of carboxylic acid groups (broad SMARTS) is 1. The summed E-state index contributed by atoms with van der Waals surface area (Å²) in [7, 11) is 0. The van der Waals surface area contributed by atoms with Crippen LogP contribution in [0.3, 0.4) is 0 Å². The summed E-state index contributed by atoms with van der Waals surface area (Å²) in [6.07, 6.45) is 4.86. The molecule has 1 aliphatic rings. The lowest BCUT2D eigenvalue weighted by Crippen LogP contribution is -2.54. The van der Waals surface area contributed by atoms with E-state index in [1.54, 1.807) is 0 Å². The first-order valence-electron chi connectivity index (χ1n) is 8.63. The molecule has 4 nitrogen and oxygen atoms in total. The highest BCUT2D eigenvalue weighted by atomic mass is 16.4. The highest BCUT2D eigenvalue weighted by Crippen LogP contribution is 2.34. The van der Waals surface area contributed by atoms with E-state index in [0.29, 0.717) is 6.04 Å². The molecule has 1 aliphatic carbocycles. The summed E-state index contributed by atoms with van der Waals surface area (Å²) in [5.74, 6) is 0.0418. The van der Waals surface area contributed by atoms with Crippen LogP contribution in [0.4, 0.5) is 0 Å². The smallest absolute Gasteiger partial charge is 0.323 e. The van der Waals surface area contributed by atoms with Crippen LogP contribution in [0.15, 0.2) is 0 Å². The predicted octanol–water partition coefficient (Wildman–Crippen LogP) is 3.12. The van der Waals surface area contributed by atoms with E-state index < -0.39 is 11.5 Å². The van der Waals surface area contributed by atoms with Crippen molar-refractivity contribution in [1.82, 2.24) is 10.2 Å². The first-order valence-corrected chi connectivity index (χ1v) is 8.63. The lowest BCUT2D eigenvalue weighted by Gasteiger charge is -2.33. The molecule has 0 aliphatic heterocycles. The van der Waals surface area contributed by atoms with Gasteiger partial charge in [-0.05, 0) is 45.6 Å². The van der Waals surface area contributed by atoms with E-state index in [4.69, 9.17) is 0 Å². The van der Waals surface area contributed by atoms with Crippen LogP contribution < -0.4 is 5.32 Å². The van der Waals surface area contributed by atoms with Crippen LogP contribution in [-0.4, -0.2) is 46.7 Å². The Bertz CT molecular complexity index is 329. The van der Waals surface area contributed by atoms with Gasteiger partial charge in [0.15, 0.2) is 0 Å².